The molecule has 14 heteroatoms. The van der Waals surface area contributed by atoms with Crippen LogP contribution in [0.25, 0.3) is 0 Å². The number of benzene rings is 3. The summed E-state index contributed by atoms with van der Waals surface area (Å²) in [7, 11) is -3.05. The molecular weight excluding hydrogens is 563 g/mol. The van der Waals surface area contributed by atoms with E-state index in [2.05, 4.69) is 0 Å². The second-order valence-corrected chi connectivity index (χ2v) is 10.7. The molecule has 1 heterocycles. The number of ether oxygens (including phenoxy) is 1. The number of halogens is 4. The summed E-state index contributed by atoms with van der Waals surface area (Å²) in [6.07, 6.45) is -4.94. The van der Waals surface area contributed by atoms with Gasteiger partial charge in [-0.05, 0) is 48.0 Å². The number of amides is 2. The fourth-order valence-electron chi connectivity index (χ4n) is 4.28. The van der Waals surface area contributed by atoms with Gasteiger partial charge in [0.2, 0.25) is 10.0 Å². The first-order valence-electron chi connectivity index (χ1n) is 11.3. The summed E-state index contributed by atoms with van der Waals surface area (Å²) in [4.78, 5) is 27.2. The van der Waals surface area contributed by atoms with Gasteiger partial charge in [0.15, 0.2) is 0 Å². The molecule has 1 unspecified atom stereocenters. The number of carbonyl (C=O) groups is 2. The molecule has 9 nitrogen and oxygen atoms in total. The Morgan fingerprint density at radius 1 is 1.05 bits per heavy atom. The zero-order valence-corrected chi connectivity index (χ0v) is 21.7. The van der Waals surface area contributed by atoms with Crippen LogP contribution in [0, 0.1) is 0 Å². The fourth-order valence-corrected chi connectivity index (χ4v) is 6.09. The van der Waals surface area contributed by atoms with Gasteiger partial charge in [0.1, 0.15) is 11.8 Å². The van der Waals surface area contributed by atoms with Gasteiger partial charge in [0.25, 0.3) is 11.8 Å². The van der Waals surface area contributed by atoms with E-state index in [0.717, 1.165) is 21.3 Å². The molecule has 2 amide bonds. The molecule has 2 N–H and O–H groups in total. The highest BCUT2D eigenvalue weighted by Gasteiger charge is 2.44. The van der Waals surface area contributed by atoms with Crippen LogP contribution in [0.5, 0.6) is 5.75 Å². The van der Waals surface area contributed by atoms with Crippen molar-refractivity contribution in [2.24, 2.45) is 0 Å². The number of sulfonamides is 1. The first kappa shape index (κ1) is 28.4. The number of anilines is 1. The second-order valence-electron chi connectivity index (χ2n) is 8.42. The SMILES string of the molecule is COc1ccc(S(=O)(=O)N2Cc3ccccc3N(C(=O)c3c(Cl)cccc3C(F)(F)F)CC2C(=O)NO)cc1. The van der Waals surface area contributed by atoms with Crippen molar-refractivity contribution in [2.75, 3.05) is 18.6 Å². The van der Waals surface area contributed by atoms with E-state index >= 15 is 0 Å². The summed E-state index contributed by atoms with van der Waals surface area (Å²) in [6, 6.07) is 12.3. The lowest BCUT2D eigenvalue weighted by atomic mass is 10.0. The molecule has 0 saturated heterocycles. The first-order valence-corrected chi connectivity index (χ1v) is 13.1. The van der Waals surface area contributed by atoms with E-state index in [4.69, 9.17) is 16.3 Å². The predicted molar refractivity (Wildman–Crippen MR) is 134 cm³/mol. The third-order valence-electron chi connectivity index (χ3n) is 6.17. The van der Waals surface area contributed by atoms with Crippen LogP contribution in [0.15, 0.2) is 71.6 Å². The van der Waals surface area contributed by atoms with Crippen molar-refractivity contribution in [2.45, 2.75) is 23.7 Å². The van der Waals surface area contributed by atoms with Gasteiger partial charge < -0.3 is 9.64 Å². The van der Waals surface area contributed by atoms with Crippen LogP contribution >= 0.6 is 11.6 Å². The maximum Gasteiger partial charge on any atom is 0.417 e. The summed E-state index contributed by atoms with van der Waals surface area (Å²) in [5.41, 5.74) is -0.478. The summed E-state index contributed by atoms with van der Waals surface area (Å²) in [6.45, 7) is -1.18. The minimum Gasteiger partial charge on any atom is -0.497 e. The van der Waals surface area contributed by atoms with E-state index < -0.39 is 63.3 Å². The van der Waals surface area contributed by atoms with Crippen molar-refractivity contribution in [1.82, 2.24) is 9.79 Å². The van der Waals surface area contributed by atoms with E-state index in [1.165, 1.54) is 55.1 Å². The molecule has 4 rings (SSSR count). The molecule has 0 fully saturated rings. The quantitative estimate of drug-likeness (QED) is 0.345. The zero-order chi connectivity index (χ0) is 28.5. The summed E-state index contributed by atoms with van der Waals surface area (Å²) >= 11 is 6.07. The second kappa shape index (κ2) is 10.8. The Kier molecular flexibility index (Phi) is 7.89. The van der Waals surface area contributed by atoms with Crippen LogP contribution in [0.4, 0.5) is 18.9 Å². The van der Waals surface area contributed by atoms with E-state index in [0.29, 0.717) is 11.8 Å². The minimum absolute atomic E-state index is 0.0683. The van der Waals surface area contributed by atoms with Crippen LogP contribution in [-0.4, -0.2) is 49.4 Å². The van der Waals surface area contributed by atoms with Crippen molar-refractivity contribution in [3.05, 3.63) is 88.4 Å². The average molecular weight is 584 g/mol. The number of carbonyl (C=O) groups excluding carboxylic acids is 2. The van der Waals surface area contributed by atoms with Gasteiger partial charge in [-0.15, -0.1) is 0 Å². The van der Waals surface area contributed by atoms with Gasteiger partial charge in [-0.25, -0.2) is 13.9 Å². The number of para-hydroxylation sites is 1. The van der Waals surface area contributed by atoms with E-state index in [-0.39, 0.29) is 16.1 Å². The van der Waals surface area contributed by atoms with Gasteiger partial charge in [0, 0.05) is 12.2 Å². The Morgan fingerprint density at radius 3 is 2.33 bits per heavy atom. The topological polar surface area (TPSA) is 116 Å². The Labute approximate surface area is 226 Å². The standard InChI is InChI=1S/C25H21ClF3N3O6S/c1-38-16-9-11-17(12-10-16)39(36,37)32-13-15-5-2-3-8-20(15)31(14-21(32)23(33)30-35)24(34)22-18(25(27,28)29)6-4-7-19(22)26/h2-12,21,35H,13-14H2,1H3,(H,30,33). The van der Waals surface area contributed by atoms with Crippen molar-refractivity contribution in [3.8, 4) is 5.75 Å². The first-order chi connectivity index (χ1) is 18.4. The number of hydroxylamine groups is 1. The smallest absolute Gasteiger partial charge is 0.417 e. The number of alkyl halides is 3. The molecule has 206 valence electrons. The molecule has 3 aromatic carbocycles. The van der Waals surface area contributed by atoms with Crippen LogP contribution < -0.4 is 15.1 Å². The predicted octanol–water partition coefficient (Wildman–Crippen LogP) is 4.09. The largest absolute Gasteiger partial charge is 0.497 e. The normalized spacial score (nSPS) is 16.3. The maximum atomic E-state index is 13.8. The highest BCUT2D eigenvalue weighted by atomic mass is 35.5. The number of hydrogen-bond donors (Lipinski definition) is 2. The molecule has 1 aliphatic heterocycles. The molecule has 3 aromatic rings. The zero-order valence-electron chi connectivity index (χ0n) is 20.1. The number of rotatable bonds is 5. The molecule has 1 aliphatic rings. The average Bonchev–Trinajstić information content (AvgIpc) is 3.09. The maximum absolute atomic E-state index is 13.8. The van der Waals surface area contributed by atoms with E-state index in [1.54, 1.807) is 6.07 Å². The van der Waals surface area contributed by atoms with Gasteiger partial charge in [0.05, 0.1) is 34.7 Å². The Morgan fingerprint density at radius 2 is 1.72 bits per heavy atom. The summed E-state index contributed by atoms with van der Waals surface area (Å²) in [5.74, 6) is -2.04. The lowest BCUT2D eigenvalue weighted by molar-refractivity contribution is -0.138. The van der Waals surface area contributed by atoms with Crippen LogP contribution in [0.2, 0.25) is 5.02 Å². The molecule has 1 atom stereocenters. The van der Waals surface area contributed by atoms with Crippen LogP contribution in [-0.2, 0) is 27.5 Å². The Hall–Kier alpha value is -3.65. The highest BCUT2D eigenvalue weighted by molar-refractivity contribution is 7.89. The highest BCUT2D eigenvalue weighted by Crippen LogP contribution is 2.38. The Balaban J connectivity index is 1.88. The molecule has 0 radical (unpaired) electrons. The number of methoxy groups -OCH3 is 1. The monoisotopic (exact) mass is 583 g/mol. The summed E-state index contributed by atoms with van der Waals surface area (Å²) in [5, 5.41) is 8.96. The molecule has 0 bridgehead atoms. The van der Waals surface area contributed by atoms with Crippen molar-refractivity contribution in [1.29, 1.82) is 0 Å². The molecular formula is C25H21ClF3N3O6S. The van der Waals surface area contributed by atoms with E-state index in [1.807, 2.05) is 0 Å². The van der Waals surface area contributed by atoms with E-state index in [9.17, 15) is 36.4 Å². The summed E-state index contributed by atoms with van der Waals surface area (Å²) < 4.78 is 74.7. The van der Waals surface area contributed by atoms with Gasteiger partial charge >= 0.3 is 6.18 Å². The van der Waals surface area contributed by atoms with Gasteiger partial charge in [-0.1, -0.05) is 35.9 Å². The molecule has 0 aliphatic carbocycles. The molecule has 0 saturated carbocycles. The Bertz CT molecular complexity index is 1520. The molecule has 0 spiro atoms. The van der Waals surface area contributed by atoms with Crippen LogP contribution in [0.1, 0.15) is 21.5 Å². The third-order valence-corrected chi connectivity index (χ3v) is 8.35. The molecule has 39 heavy (non-hydrogen) atoms. The van der Waals surface area contributed by atoms with Gasteiger partial charge in [-0.3, -0.25) is 14.8 Å². The number of nitrogens with one attached hydrogen (secondary N) is 1. The van der Waals surface area contributed by atoms with Crippen molar-refractivity contribution >= 4 is 39.1 Å². The van der Waals surface area contributed by atoms with Crippen molar-refractivity contribution < 1.29 is 41.1 Å². The van der Waals surface area contributed by atoms with Crippen molar-refractivity contribution in [3.63, 3.8) is 0 Å². The number of fused-ring (bicyclic) bond motifs is 1. The molecule has 0 aromatic heterocycles. The fraction of sp³-hybridized carbons (Fsp3) is 0.200. The van der Waals surface area contributed by atoms with Crippen LogP contribution in [0.3, 0.4) is 0 Å². The van der Waals surface area contributed by atoms with Gasteiger partial charge in [-0.2, -0.15) is 17.5 Å². The minimum atomic E-state index is -4.94. The lowest BCUT2D eigenvalue weighted by Gasteiger charge is -2.30. The number of hydrogen-bond acceptors (Lipinski definition) is 6. The number of nitrogens with zero attached hydrogens (tertiary/aromatic N) is 2. The third kappa shape index (κ3) is 5.43. The lowest BCUT2D eigenvalue weighted by Crippen LogP contribution is -2.53.